The van der Waals surface area contributed by atoms with Gasteiger partial charge in [-0.3, -0.25) is 9.36 Å². The van der Waals surface area contributed by atoms with E-state index in [1.54, 1.807) is 6.92 Å². The molecule has 0 spiro atoms. The first-order chi connectivity index (χ1) is 8.57. The molecule has 1 aromatic heterocycles. The van der Waals surface area contributed by atoms with Crippen LogP contribution >= 0.6 is 22.6 Å². The Morgan fingerprint density at radius 1 is 1.33 bits per heavy atom. The Kier molecular flexibility index (Phi) is 3.70. The highest BCUT2D eigenvalue weighted by molar-refractivity contribution is 14.1. The zero-order valence-electron chi connectivity index (χ0n) is 10.1. The minimum absolute atomic E-state index is 0.197. The molecule has 2 aromatic rings. The van der Waals surface area contributed by atoms with E-state index in [1.807, 2.05) is 24.3 Å². The smallest absolute Gasteiger partial charge is 0.356 e. The quantitative estimate of drug-likeness (QED) is 0.613. The number of carbonyl (C=O) groups excluding carboxylic acids is 2. The molecule has 18 heavy (non-hydrogen) atoms. The maximum atomic E-state index is 12.0. The third-order valence-electron chi connectivity index (χ3n) is 2.60. The van der Waals surface area contributed by atoms with Gasteiger partial charge < -0.3 is 4.74 Å². The van der Waals surface area contributed by atoms with Crippen LogP contribution in [0.2, 0.25) is 0 Å². The van der Waals surface area contributed by atoms with Gasteiger partial charge in [0.1, 0.15) is 5.69 Å². The van der Waals surface area contributed by atoms with Crippen molar-refractivity contribution in [1.82, 2.24) is 4.57 Å². The Morgan fingerprint density at radius 3 is 2.61 bits per heavy atom. The van der Waals surface area contributed by atoms with E-state index in [2.05, 4.69) is 22.6 Å². The van der Waals surface area contributed by atoms with Gasteiger partial charge in [0.15, 0.2) is 0 Å². The Bertz CT molecular complexity index is 630. The molecule has 0 saturated carbocycles. The molecule has 0 saturated heterocycles. The van der Waals surface area contributed by atoms with Crippen LogP contribution < -0.4 is 0 Å². The average Bonchev–Trinajstić information content (AvgIpc) is 2.64. The van der Waals surface area contributed by atoms with E-state index >= 15 is 0 Å². The van der Waals surface area contributed by atoms with Gasteiger partial charge in [-0.15, -0.1) is 0 Å². The van der Waals surface area contributed by atoms with E-state index in [0.29, 0.717) is 5.69 Å². The molecule has 0 unspecified atom stereocenters. The highest BCUT2D eigenvalue weighted by Gasteiger charge is 2.23. The molecule has 1 heterocycles. The Labute approximate surface area is 118 Å². The summed E-state index contributed by atoms with van der Waals surface area (Å²) >= 11 is 2.07. The number of rotatable bonds is 2. The monoisotopic (exact) mass is 357 g/mol. The van der Waals surface area contributed by atoms with Crippen molar-refractivity contribution in [2.45, 2.75) is 13.8 Å². The molecule has 1 aromatic carbocycles. The number of esters is 1. The van der Waals surface area contributed by atoms with E-state index < -0.39 is 5.97 Å². The molecule has 2 rings (SSSR count). The minimum atomic E-state index is -0.465. The summed E-state index contributed by atoms with van der Waals surface area (Å²) in [6.07, 6.45) is 0. The minimum Gasteiger partial charge on any atom is -0.461 e. The normalized spacial score (nSPS) is 10.6. The highest BCUT2D eigenvalue weighted by atomic mass is 127. The van der Waals surface area contributed by atoms with Crippen LogP contribution in [0, 0.1) is 3.57 Å². The van der Waals surface area contributed by atoms with Crippen molar-refractivity contribution < 1.29 is 14.3 Å². The SMILES string of the molecule is CCOC(=O)c1c(I)c2ccccc2n1C(C)=O. The lowest BCUT2D eigenvalue weighted by molar-refractivity contribution is 0.0508. The van der Waals surface area contributed by atoms with Crippen molar-refractivity contribution in [3.63, 3.8) is 0 Å². The summed E-state index contributed by atoms with van der Waals surface area (Å²) < 4.78 is 7.17. The zero-order valence-corrected chi connectivity index (χ0v) is 12.2. The third-order valence-corrected chi connectivity index (χ3v) is 3.69. The van der Waals surface area contributed by atoms with E-state index in [-0.39, 0.29) is 12.5 Å². The van der Waals surface area contributed by atoms with E-state index in [0.717, 1.165) is 14.5 Å². The molecule has 94 valence electrons. The summed E-state index contributed by atoms with van der Waals surface area (Å²) in [5.74, 6) is -0.662. The van der Waals surface area contributed by atoms with Gasteiger partial charge >= 0.3 is 5.97 Å². The Morgan fingerprint density at radius 2 is 2.00 bits per heavy atom. The second-order valence-corrected chi connectivity index (χ2v) is 4.83. The molecule has 0 fully saturated rings. The molecule has 0 aliphatic carbocycles. The molecule has 0 N–H and O–H groups in total. The summed E-state index contributed by atoms with van der Waals surface area (Å²) in [5, 5.41) is 0.886. The summed E-state index contributed by atoms with van der Waals surface area (Å²) in [6.45, 7) is 3.46. The fraction of sp³-hybridized carbons (Fsp3) is 0.231. The van der Waals surface area contributed by atoms with Crippen LogP contribution in [0.1, 0.15) is 29.1 Å². The summed E-state index contributed by atoms with van der Waals surface area (Å²) in [4.78, 5) is 23.7. The van der Waals surface area contributed by atoms with Gasteiger partial charge in [0, 0.05) is 12.3 Å². The first-order valence-electron chi connectivity index (χ1n) is 5.55. The molecule has 0 amide bonds. The lowest BCUT2D eigenvalue weighted by atomic mass is 10.2. The number of nitrogens with zero attached hydrogens (tertiary/aromatic N) is 1. The summed E-state index contributed by atoms with van der Waals surface area (Å²) in [6, 6.07) is 7.43. The number of benzene rings is 1. The highest BCUT2D eigenvalue weighted by Crippen LogP contribution is 2.28. The van der Waals surface area contributed by atoms with Crippen molar-refractivity contribution in [3.8, 4) is 0 Å². The molecule has 4 nitrogen and oxygen atoms in total. The third kappa shape index (κ3) is 2.03. The predicted molar refractivity (Wildman–Crippen MR) is 76.9 cm³/mol. The fourth-order valence-electron chi connectivity index (χ4n) is 1.91. The topological polar surface area (TPSA) is 48.3 Å². The Hall–Kier alpha value is -1.37. The molecule has 5 heteroatoms. The second-order valence-electron chi connectivity index (χ2n) is 3.75. The van der Waals surface area contributed by atoms with E-state index in [4.69, 9.17) is 4.74 Å². The number of ether oxygens (including phenoxy) is 1. The number of fused-ring (bicyclic) bond motifs is 1. The van der Waals surface area contributed by atoms with Crippen LogP contribution in [-0.2, 0) is 4.74 Å². The van der Waals surface area contributed by atoms with Crippen molar-refractivity contribution in [1.29, 1.82) is 0 Å². The summed E-state index contributed by atoms with van der Waals surface area (Å²) in [7, 11) is 0. The molecule has 0 aliphatic heterocycles. The number of carbonyl (C=O) groups is 2. The first-order valence-corrected chi connectivity index (χ1v) is 6.62. The zero-order chi connectivity index (χ0) is 13.3. The number of para-hydroxylation sites is 1. The van der Waals surface area contributed by atoms with Crippen LogP contribution in [0.15, 0.2) is 24.3 Å². The maximum absolute atomic E-state index is 12.0. The number of hydrogen-bond acceptors (Lipinski definition) is 3. The standard InChI is InChI=1S/C13H12INO3/c1-3-18-13(17)12-11(14)9-6-4-5-7-10(9)15(12)8(2)16/h4-7H,3H2,1-2H3. The Balaban J connectivity index is 2.78. The summed E-state index contributed by atoms with van der Waals surface area (Å²) in [5.41, 5.74) is 1.05. The number of aromatic nitrogens is 1. The van der Waals surface area contributed by atoms with Crippen LogP contribution in [0.5, 0.6) is 0 Å². The van der Waals surface area contributed by atoms with Crippen molar-refractivity contribution in [3.05, 3.63) is 33.5 Å². The average molecular weight is 357 g/mol. The van der Waals surface area contributed by atoms with Gasteiger partial charge in [-0.05, 0) is 35.6 Å². The maximum Gasteiger partial charge on any atom is 0.356 e. The van der Waals surface area contributed by atoms with Crippen molar-refractivity contribution in [2.75, 3.05) is 6.61 Å². The lowest BCUT2D eigenvalue weighted by Crippen LogP contribution is -2.17. The van der Waals surface area contributed by atoms with E-state index in [9.17, 15) is 9.59 Å². The lowest BCUT2D eigenvalue weighted by Gasteiger charge is -2.06. The van der Waals surface area contributed by atoms with E-state index in [1.165, 1.54) is 11.5 Å². The second kappa shape index (κ2) is 5.09. The molecular formula is C13H12INO3. The van der Waals surface area contributed by atoms with Gasteiger partial charge in [0.05, 0.1) is 15.7 Å². The van der Waals surface area contributed by atoms with Crippen LogP contribution in [0.3, 0.4) is 0 Å². The van der Waals surface area contributed by atoms with Crippen molar-refractivity contribution in [2.24, 2.45) is 0 Å². The van der Waals surface area contributed by atoms with Crippen LogP contribution in [0.25, 0.3) is 10.9 Å². The van der Waals surface area contributed by atoms with Crippen LogP contribution in [0.4, 0.5) is 0 Å². The molecule has 0 radical (unpaired) electrons. The van der Waals surface area contributed by atoms with Gasteiger partial charge in [-0.1, -0.05) is 18.2 Å². The molecule has 0 aliphatic rings. The fourth-order valence-corrected chi connectivity index (χ4v) is 2.83. The van der Waals surface area contributed by atoms with Gasteiger partial charge in [-0.2, -0.15) is 0 Å². The van der Waals surface area contributed by atoms with Crippen molar-refractivity contribution >= 4 is 45.4 Å². The predicted octanol–water partition coefficient (Wildman–Crippen LogP) is 3.08. The molecular weight excluding hydrogens is 345 g/mol. The van der Waals surface area contributed by atoms with Gasteiger partial charge in [-0.25, -0.2) is 4.79 Å². The number of halogens is 1. The molecule has 0 atom stereocenters. The first kappa shape index (κ1) is 13.1. The van der Waals surface area contributed by atoms with Gasteiger partial charge in [0.25, 0.3) is 0 Å². The van der Waals surface area contributed by atoms with Crippen LogP contribution in [-0.4, -0.2) is 23.1 Å². The van der Waals surface area contributed by atoms with Gasteiger partial charge in [0.2, 0.25) is 5.91 Å². The largest absolute Gasteiger partial charge is 0.461 e. The number of hydrogen-bond donors (Lipinski definition) is 0. The molecule has 0 bridgehead atoms.